The zero-order valence-corrected chi connectivity index (χ0v) is 20.5. The van der Waals surface area contributed by atoms with Crippen LogP contribution in [0.15, 0.2) is 48.9 Å². The topological polar surface area (TPSA) is 67.4 Å². The molecule has 1 saturated heterocycles. The molecule has 3 aromatic rings. The number of carbonyl (C=O) groups is 1. The van der Waals surface area contributed by atoms with E-state index in [1.165, 1.54) is 18.5 Å². The van der Waals surface area contributed by atoms with Gasteiger partial charge in [0, 0.05) is 50.1 Å². The number of carbonyl (C=O) groups excluding carboxylic acids is 1. The molecule has 6 nitrogen and oxygen atoms in total. The first kappa shape index (κ1) is 26.2. The van der Waals surface area contributed by atoms with Crippen LogP contribution in [0.3, 0.4) is 0 Å². The molecule has 1 amide bonds. The van der Waals surface area contributed by atoms with Crippen molar-refractivity contribution in [2.75, 3.05) is 13.1 Å². The molecule has 1 spiro atoms. The minimum absolute atomic E-state index is 0.208. The van der Waals surface area contributed by atoms with E-state index in [4.69, 9.17) is 4.74 Å². The fourth-order valence-corrected chi connectivity index (χ4v) is 5.38. The van der Waals surface area contributed by atoms with Crippen molar-refractivity contribution in [1.29, 1.82) is 0 Å². The van der Waals surface area contributed by atoms with Crippen LogP contribution in [-0.4, -0.2) is 40.3 Å². The molecule has 5 rings (SSSR count). The van der Waals surface area contributed by atoms with E-state index in [1.807, 2.05) is 0 Å². The number of halogens is 5. The van der Waals surface area contributed by atoms with Gasteiger partial charge in [-0.3, -0.25) is 19.7 Å². The summed E-state index contributed by atoms with van der Waals surface area (Å²) in [6.07, 6.45) is 2.36. The van der Waals surface area contributed by atoms with Gasteiger partial charge in [0.2, 0.25) is 5.91 Å². The summed E-state index contributed by atoms with van der Waals surface area (Å²) in [7, 11) is 0. The molecule has 0 saturated carbocycles. The van der Waals surface area contributed by atoms with Crippen molar-refractivity contribution in [3.05, 3.63) is 94.3 Å². The number of alkyl halides is 2. The fourth-order valence-electron chi connectivity index (χ4n) is 5.38. The Balaban J connectivity index is 1.34. The van der Waals surface area contributed by atoms with Crippen LogP contribution in [0.25, 0.3) is 0 Å². The summed E-state index contributed by atoms with van der Waals surface area (Å²) in [6, 6.07) is 5.35. The SMILES string of the molecule is CC(=O)N[C@@](c1ccc(F)c(F)c1)(c1ccc(CN2CCC3(CC2)OCc2c(F)cncc23)cn1)C(F)F. The first-order valence-electron chi connectivity index (χ1n) is 12.1. The number of nitrogens with zero attached hydrogens (tertiary/aromatic N) is 3. The molecule has 0 radical (unpaired) electrons. The number of nitrogens with one attached hydrogen (secondary N) is 1. The normalized spacial score (nSPS) is 18.4. The molecule has 0 bridgehead atoms. The molecular weight excluding hydrogens is 507 g/mol. The summed E-state index contributed by atoms with van der Waals surface area (Å²) < 4.78 is 76.7. The lowest BCUT2D eigenvalue weighted by molar-refractivity contribution is -0.122. The van der Waals surface area contributed by atoms with Crippen molar-refractivity contribution in [3.8, 4) is 0 Å². The lowest BCUT2D eigenvalue weighted by Gasteiger charge is -2.39. The van der Waals surface area contributed by atoms with Crippen LogP contribution in [0.4, 0.5) is 22.0 Å². The Morgan fingerprint density at radius 3 is 2.47 bits per heavy atom. The van der Waals surface area contributed by atoms with Gasteiger partial charge in [-0.15, -0.1) is 0 Å². The summed E-state index contributed by atoms with van der Waals surface area (Å²) in [6.45, 7) is 3.06. The van der Waals surface area contributed by atoms with E-state index in [0.29, 0.717) is 44.1 Å². The van der Waals surface area contributed by atoms with Gasteiger partial charge >= 0.3 is 0 Å². The number of amides is 1. The van der Waals surface area contributed by atoms with Crippen molar-refractivity contribution in [2.24, 2.45) is 0 Å². The van der Waals surface area contributed by atoms with E-state index in [-0.39, 0.29) is 23.7 Å². The standard InChI is InChI=1S/C27H25F5N4O2/c1-16(37)35-27(25(31)32,18-3-4-21(28)22(29)10-18)24-5-2-17(11-34-24)14-36-8-6-26(7-9-36)20-12-33-13-23(30)19(20)15-38-26/h2-5,10-13,25H,6-9,14-15H2,1H3,(H,35,37)/t27-/m0/s1. The van der Waals surface area contributed by atoms with Crippen molar-refractivity contribution < 1.29 is 31.5 Å². The highest BCUT2D eigenvalue weighted by molar-refractivity contribution is 5.75. The van der Waals surface area contributed by atoms with Crippen LogP contribution in [-0.2, 0) is 33.8 Å². The Bertz CT molecular complexity index is 1350. The summed E-state index contributed by atoms with van der Waals surface area (Å²) in [4.78, 5) is 22.3. The zero-order chi connectivity index (χ0) is 27.1. The highest BCUT2D eigenvalue weighted by Crippen LogP contribution is 2.44. The molecule has 200 valence electrons. The van der Waals surface area contributed by atoms with Crippen molar-refractivity contribution >= 4 is 5.91 Å². The molecule has 11 heteroatoms. The third-order valence-electron chi connectivity index (χ3n) is 7.36. The smallest absolute Gasteiger partial charge is 0.271 e. The molecule has 1 fully saturated rings. The Morgan fingerprint density at radius 2 is 1.84 bits per heavy atom. The lowest BCUT2D eigenvalue weighted by Crippen LogP contribution is -2.52. The number of ether oxygens (including phenoxy) is 1. The van der Waals surface area contributed by atoms with Crippen LogP contribution in [0, 0.1) is 17.5 Å². The Kier molecular flexibility index (Phi) is 6.91. The van der Waals surface area contributed by atoms with E-state index >= 15 is 0 Å². The van der Waals surface area contributed by atoms with Crippen LogP contribution < -0.4 is 5.32 Å². The Morgan fingerprint density at radius 1 is 1.08 bits per heavy atom. The monoisotopic (exact) mass is 532 g/mol. The van der Waals surface area contributed by atoms with Crippen LogP contribution >= 0.6 is 0 Å². The van der Waals surface area contributed by atoms with E-state index in [2.05, 4.69) is 20.2 Å². The molecular formula is C27H25F5N4O2. The highest BCUT2D eigenvalue weighted by Gasteiger charge is 2.47. The molecule has 2 aromatic heterocycles. The minimum Gasteiger partial charge on any atom is -0.365 e. The first-order chi connectivity index (χ1) is 18.1. The number of hydrogen-bond donors (Lipinski definition) is 1. The largest absolute Gasteiger partial charge is 0.365 e. The maximum Gasteiger partial charge on any atom is 0.271 e. The molecule has 0 aliphatic carbocycles. The highest BCUT2D eigenvalue weighted by atomic mass is 19.3. The fraction of sp³-hybridized carbons (Fsp3) is 0.370. The molecule has 2 aliphatic heterocycles. The van der Waals surface area contributed by atoms with E-state index in [0.717, 1.165) is 30.2 Å². The third kappa shape index (κ3) is 4.54. The number of piperidine rings is 1. The van der Waals surface area contributed by atoms with Crippen LogP contribution in [0.5, 0.6) is 0 Å². The second-order valence-electron chi connectivity index (χ2n) is 9.68. The molecule has 0 unspecified atom stereocenters. The van der Waals surface area contributed by atoms with Gasteiger partial charge in [-0.2, -0.15) is 0 Å². The molecule has 2 aliphatic rings. The number of rotatable bonds is 6. The molecule has 4 heterocycles. The van der Waals surface area contributed by atoms with E-state index in [9.17, 15) is 26.7 Å². The van der Waals surface area contributed by atoms with Gasteiger partial charge in [-0.05, 0) is 42.2 Å². The predicted octanol–water partition coefficient (Wildman–Crippen LogP) is 4.56. The van der Waals surface area contributed by atoms with Gasteiger partial charge < -0.3 is 10.1 Å². The number of benzene rings is 1. The van der Waals surface area contributed by atoms with Gasteiger partial charge in [0.1, 0.15) is 5.82 Å². The van der Waals surface area contributed by atoms with Crippen molar-refractivity contribution in [1.82, 2.24) is 20.2 Å². The summed E-state index contributed by atoms with van der Waals surface area (Å²) in [5.74, 6) is -3.66. The van der Waals surface area contributed by atoms with Gasteiger partial charge in [-0.1, -0.05) is 12.1 Å². The number of hydrogen-bond acceptors (Lipinski definition) is 5. The summed E-state index contributed by atoms with van der Waals surface area (Å²) in [5.41, 5.74) is -1.49. The number of pyridine rings is 2. The summed E-state index contributed by atoms with van der Waals surface area (Å²) in [5, 5.41) is 2.22. The molecule has 38 heavy (non-hydrogen) atoms. The second-order valence-corrected chi connectivity index (χ2v) is 9.68. The van der Waals surface area contributed by atoms with Gasteiger partial charge in [0.25, 0.3) is 6.43 Å². The maximum absolute atomic E-state index is 14.5. The number of likely N-dealkylation sites (tertiary alicyclic amines) is 1. The van der Waals surface area contributed by atoms with Gasteiger partial charge in [0.15, 0.2) is 17.2 Å². The minimum atomic E-state index is -3.21. The van der Waals surface area contributed by atoms with Gasteiger partial charge in [-0.25, -0.2) is 22.0 Å². The molecule has 1 aromatic carbocycles. The van der Waals surface area contributed by atoms with Crippen LogP contribution in [0.1, 0.15) is 47.7 Å². The van der Waals surface area contributed by atoms with Crippen molar-refractivity contribution in [3.63, 3.8) is 0 Å². The summed E-state index contributed by atoms with van der Waals surface area (Å²) >= 11 is 0. The Hall–Kier alpha value is -3.44. The molecule has 1 N–H and O–H groups in total. The number of aromatic nitrogens is 2. The Labute approximate surface area is 215 Å². The number of fused-ring (bicyclic) bond motifs is 2. The van der Waals surface area contributed by atoms with E-state index < -0.39 is 35.1 Å². The van der Waals surface area contributed by atoms with Gasteiger partial charge in [0.05, 0.1) is 24.1 Å². The quantitative estimate of drug-likeness (QED) is 0.472. The predicted molar refractivity (Wildman–Crippen MR) is 126 cm³/mol. The lowest BCUT2D eigenvalue weighted by atomic mass is 9.84. The average molecular weight is 533 g/mol. The average Bonchev–Trinajstić information content (AvgIpc) is 3.25. The van der Waals surface area contributed by atoms with Crippen molar-refractivity contribution in [2.45, 2.75) is 50.5 Å². The van der Waals surface area contributed by atoms with E-state index in [1.54, 1.807) is 12.3 Å². The first-order valence-corrected chi connectivity index (χ1v) is 12.1. The third-order valence-corrected chi connectivity index (χ3v) is 7.36. The maximum atomic E-state index is 14.5. The van der Waals surface area contributed by atoms with Crippen LogP contribution in [0.2, 0.25) is 0 Å². The second kappa shape index (κ2) is 10.0. The molecule has 1 atom stereocenters. The zero-order valence-electron chi connectivity index (χ0n) is 20.5.